The number of nitrogens with one attached hydrogen (secondary N) is 2. The average Bonchev–Trinajstić information content (AvgIpc) is 3.20. The summed E-state index contributed by atoms with van der Waals surface area (Å²) < 4.78 is 0. The Hall–Kier alpha value is -2.11. The lowest BCUT2D eigenvalue weighted by Gasteiger charge is -2.05. The van der Waals surface area contributed by atoms with Gasteiger partial charge < -0.3 is 10.3 Å². The first-order chi connectivity index (χ1) is 11.2. The smallest absolute Gasteiger partial charge is 0.224 e. The number of thiophene rings is 1. The number of carbonyl (C=O) groups is 1. The fourth-order valence-electron chi connectivity index (χ4n) is 2.24. The zero-order chi connectivity index (χ0) is 16.1. The molecule has 2 heterocycles. The van der Waals surface area contributed by atoms with E-state index < -0.39 is 0 Å². The molecule has 0 bridgehead atoms. The fraction of sp³-hybridized carbons (Fsp3) is 0.176. The number of rotatable bonds is 6. The van der Waals surface area contributed by atoms with Gasteiger partial charge in [0.25, 0.3) is 0 Å². The largest absolute Gasteiger partial charge is 0.355 e. The van der Waals surface area contributed by atoms with Crippen molar-refractivity contribution in [3.8, 4) is 10.6 Å². The van der Waals surface area contributed by atoms with Gasteiger partial charge in [0.05, 0.1) is 23.2 Å². The second-order valence-corrected chi connectivity index (χ2v) is 6.44. The molecule has 23 heavy (non-hydrogen) atoms. The average molecular weight is 346 g/mol. The lowest BCUT2D eigenvalue weighted by atomic mass is 10.1. The number of aromatic amines is 1. The Morgan fingerprint density at radius 1 is 1.26 bits per heavy atom. The molecule has 2 N–H and O–H groups in total. The Bertz CT molecular complexity index is 783. The van der Waals surface area contributed by atoms with Crippen molar-refractivity contribution in [1.29, 1.82) is 0 Å². The highest BCUT2D eigenvalue weighted by molar-refractivity contribution is 7.13. The monoisotopic (exact) mass is 345 g/mol. The van der Waals surface area contributed by atoms with Crippen molar-refractivity contribution in [2.24, 2.45) is 0 Å². The van der Waals surface area contributed by atoms with Crippen LogP contribution in [0.1, 0.15) is 11.4 Å². The minimum Gasteiger partial charge on any atom is -0.355 e. The summed E-state index contributed by atoms with van der Waals surface area (Å²) in [5, 5.41) is 5.55. The van der Waals surface area contributed by atoms with Gasteiger partial charge >= 0.3 is 0 Å². The normalized spacial score (nSPS) is 10.7. The molecule has 0 saturated carbocycles. The van der Waals surface area contributed by atoms with Crippen molar-refractivity contribution in [3.63, 3.8) is 0 Å². The predicted molar refractivity (Wildman–Crippen MR) is 93.8 cm³/mol. The molecule has 3 aromatic rings. The number of hydrogen-bond donors (Lipinski definition) is 2. The molecular formula is C17H16ClN3OS. The van der Waals surface area contributed by atoms with Gasteiger partial charge in [0.2, 0.25) is 5.91 Å². The summed E-state index contributed by atoms with van der Waals surface area (Å²) in [6, 6.07) is 11.4. The quantitative estimate of drug-likeness (QED) is 0.715. The highest BCUT2D eigenvalue weighted by Gasteiger charge is 2.07. The van der Waals surface area contributed by atoms with Crippen LogP contribution in [0, 0.1) is 0 Å². The van der Waals surface area contributed by atoms with Crippen LogP contribution in [0.4, 0.5) is 0 Å². The molecule has 0 radical (unpaired) electrons. The van der Waals surface area contributed by atoms with E-state index in [1.54, 1.807) is 17.4 Å². The number of nitrogens with zero attached hydrogens (tertiary/aromatic N) is 1. The fourth-order valence-corrected chi connectivity index (χ4v) is 3.14. The van der Waals surface area contributed by atoms with Crippen LogP contribution < -0.4 is 5.32 Å². The third kappa shape index (κ3) is 4.21. The Balaban J connectivity index is 1.48. The van der Waals surface area contributed by atoms with E-state index in [0.29, 0.717) is 18.0 Å². The summed E-state index contributed by atoms with van der Waals surface area (Å²) in [5.74, 6) is 0.828. The van der Waals surface area contributed by atoms with Crippen LogP contribution in [0.15, 0.2) is 48.0 Å². The lowest BCUT2D eigenvalue weighted by molar-refractivity contribution is -0.120. The zero-order valence-corrected chi connectivity index (χ0v) is 14.0. The van der Waals surface area contributed by atoms with Crippen molar-refractivity contribution >= 4 is 28.8 Å². The molecule has 6 heteroatoms. The first-order valence-electron chi connectivity index (χ1n) is 7.30. The van der Waals surface area contributed by atoms with E-state index in [0.717, 1.165) is 22.0 Å². The third-order valence-corrected chi connectivity index (χ3v) is 4.68. The molecular weight excluding hydrogens is 330 g/mol. The maximum Gasteiger partial charge on any atom is 0.224 e. The topological polar surface area (TPSA) is 57.8 Å². The summed E-state index contributed by atoms with van der Waals surface area (Å²) in [5.41, 5.74) is 1.85. The molecule has 1 aromatic carbocycles. The SMILES string of the molecule is O=C(Cc1ccccc1Cl)NCCc1ncc(-c2cccs2)[nH]1. The second kappa shape index (κ2) is 7.44. The van der Waals surface area contributed by atoms with E-state index in [-0.39, 0.29) is 12.3 Å². The molecule has 0 aliphatic carbocycles. The second-order valence-electron chi connectivity index (χ2n) is 5.09. The van der Waals surface area contributed by atoms with Gasteiger partial charge in [-0.05, 0) is 23.1 Å². The third-order valence-electron chi connectivity index (χ3n) is 3.41. The number of benzene rings is 1. The van der Waals surface area contributed by atoms with E-state index >= 15 is 0 Å². The van der Waals surface area contributed by atoms with Gasteiger partial charge in [0.15, 0.2) is 0 Å². The van der Waals surface area contributed by atoms with Crippen LogP contribution in [0.25, 0.3) is 10.6 Å². The Morgan fingerprint density at radius 3 is 2.91 bits per heavy atom. The molecule has 118 valence electrons. The number of carbonyl (C=O) groups excluding carboxylic acids is 1. The molecule has 0 fully saturated rings. The highest BCUT2D eigenvalue weighted by atomic mass is 35.5. The number of amides is 1. The van der Waals surface area contributed by atoms with Gasteiger partial charge in [-0.25, -0.2) is 4.98 Å². The summed E-state index contributed by atoms with van der Waals surface area (Å²) >= 11 is 7.72. The molecule has 0 unspecified atom stereocenters. The molecule has 0 spiro atoms. The standard InChI is InChI=1S/C17H16ClN3OS/c18-13-5-2-1-4-12(13)10-17(22)19-8-7-16-20-11-14(21-16)15-6-3-9-23-15/h1-6,9,11H,7-8,10H2,(H,19,22)(H,20,21). The minimum atomic E-state index is -0.0388. The van der Waals surface area contributed by atoms with Crippen molar-refractivity contribution in [2.45, 2.75) is 12.8 Å². The Labute approximate surface area is 143 Å². The maximum atomic E-state index is 11.9. The van der Waals surface area contributed by atoms with Crippen LogP contribution in [-0.2, 0) is 17.6 Å². The zero-order valence-electron chi connectivity index (χ0n) is 12.4. The maximum absolute atomic E-state index is 11.9. The summed E-state index contributed by atoms with van der Waals surface area (Å²) in [7, 11) is 0. The highest BCUT2D eigenvalue weighted by Crippen LogP contribution is 2.22. The van der Waals surface area contributed by atoms with Crippen molar-refractivity contribution in [1.82, 2.24) is 15.3 Å². The van der Waals surface area contributed by atoms with Crippen LogP contribution in [0.5, 0.6) is 0 Å². The van der Waals surface area contributed by atoms with Gasteiger partial charge in [0, 0.05) is 18.0 Å². The van der Waals surface area contributed by atoms with Crippen LogP contribution in [0.3, 0.4) is 0 Å². The Morgan fingerprint density at radius 2 is 2.13 bits per heavy atom. The van der Waals surface area contributed by atoms with E-state index in [4.69, 9.17) is 11.6 Å². The molecule has 0 aliphatic rings. The number of halogens is 1. The number of H-pyrrole nitrogens is 1. The van der Waals surface area contributed by atoms with Crippen molar-refractivity contribution < 1.29 is 4.79 Å². The van der Waals surface area contributed by atoms with Gasteiger partial charge in [0.1, 0.15) is 5.82 Å². The molecule has 3 rings (SSSR count). The van der Waals surface area contributed by atoms with Crippen molar-refractivity contribution in [2.75, 3.05) is 6.54 Å². The molecule has 1 amide bonds. The molecule has 0 aliphatic heterocycles. The van der Waals surface area contributed by atoms with Crippen molar-refractivity contribution in [3.05, 3.63) is 64.4 Å². The van der Waals surface area contributed by atoms with E-state index in [1.807, 2.05) is 41.9 Å². The van der Waals surface area contributed by atoms with Gasteiger partial charge in [-0.2, -0.15) is 0 Å². The molecule has 0 saturated heterocycles. The number of imidazole rings is 1. The van der Waals surface area contributed by atoms with Gasteiger partial charge in [-0.3, -0.25) is 4.79 Å². The molecule has 2 aromatic heterocycles. The summed E-state index contributed by atoms with van der Waals surface area (Å²) in [6.45, 7) is 0.542. The van der Waals surface area contributed by atoms with E-state index in [9.17, 15) is 4.79 Å². The Kier molecular flexibility index (Phi) is 5.10. The predicted octanol–water partition coefficient (Wildman–Crippen LogP) is 3.69. The first-order valence-corrected chi connectivity index (χ1v) is 8.56. The summed E-state index contributed by atoms with van der Waals surface area (Å²) in [6.07, 6.45) is 2.78. The van der Waals surface area contributed by atoms with E-state index in [1.165, 1.54) is 0 Å². The molecule has 4 nitrogen and oxygen atoms in total. The number of hydrogen-bond acceptors (Lipinski definition) is 3. The van der Waals surface area contributed by atoms with Crippen LogP contribution >= 0.6 is 22.9 Å². The summed E-state index contributed by atoms with van der Waals surface area (Å²) in [4.78, 5) is 20.7. The minimum absolute atomic E-state index is 0.0388. The first kappa shape index (κ1) is 15.8. The number of aromatic nitrogens is 2. The van der Waals surface area contributed by atoms with Gasteiger partial charge in [-0.15, -0.1) is 11.3 Å². The van der Waals surface area contributed by atoms with Gasteiger partial charge in [-0.1, -0.05) is 35.9 Å². The van der Waals surface area contributed by atoms with Crippen LogP contribution in [-0.4, -0.2) is 22.4 Å². The lowest BCUT2D eigenvalue weighted by Crippen LogP contribution is -2.27. The molecule has 0 atom stereocenters. The van der Waals surface area contributed by atoms with Crippen LogP contribution in [0.2, 0.25) is 5.02 Å². The van der Waals surface area contributed by atoms with E-state index in [2.05, 4.69) is 15.3 Å².